The fourth-order valence-electron chi connectivity index (χ4n) is 3.11. The Kier molecular flexibility index (Phi) is 5.50. The van der Waals surface area contributed by atoms with Gasteiger partial charge in [-0.25, -0.2) is 0 Å². The summed E-state index contributed by atoms with van der Waals surface area (Å²) in [5.41, 5.74) is 2.13. The zero-order valence-corrected chi connectivity index (χ0v) is 14.0. The molecule has 0 saturated carbocycles. The topological polar surface area (TPSA) is 74.9 Å². The number of rotatable bonds is 6. The van der Waals surface area contributed by atoms with Gasteiger partial charge in [-0.2, -0.15) is 0 Å². The summed E-state index contributed by atoms with van der Waals surface area (Å²) in [4.78, 5) is 13.4. The van der Waals surface area contributed by atoms with Crippen LogP contribution in [0.3, 0.4) is 0 Å². The van der Waals surface area contributed by atoms with Gasteiger partial charge in [-0.05, 0) is 25.0 Å². The number of hydrogen-bond acceptors (Lipinski definition) is 5. The molecule has 6 heteroatoms. The molecule has 1 aliphatic heterocycles. The summed E-state index contributed by atoms with van der Waals surface area (Å²) < 4.78 is 11.8. The van der Waals surface area contributed by atoms with Gasteiger partial charge in [0.1, 0.15) is 18.0 Å². The zero-order valence-electron chi connectivity index (χ0n) is 14.0. The van der Waals surface area contributed by atoms with E-state index in [-0.39, 0.29) is 12.0 Å². The Hall–Kier alpha value is -1.89. The minimum Gasteiger partial charge on any atom is -0.459 e. The van der Waals surface area contributed by atoms with Gasteiger partial charge in [0.15, 0.2) is 0 Å². The second-order valence-corrected chi connectivity index (χ2v) is 6.17. The summed E-state index contributed by atoms with van der Waals surface area (Å²) in [5.74, 6) is 0.658. The van der Waals surface area contributed by atoms with Crippen molar-refractivity contribution >= 4 is 16.9 Å². The molecule has 6 nitrogen and oxygen atoms in total. The highest BCUT2D eigenvalue weighted by molar-refractivity contribution is 5.81. The van der Waals surface area contributed by atoms with Crippen LogP contribution in [0, 0.1) is 6.92 Å². The largest absolute Gasteiger partial charge is 0.459 e. The third kappa shape index (κ3) is 3.95. The number of ether oxygens (including phenoxy) is 1. The lowest BCUT2D eigenvalue weighted by Crippen LogP contribution is -2.43. The average molecular weight is 332 g/mol. The van der Waals surface area contributed by atoms with Crippen LogP contribution >= 0.6 is 0 Å². The number of aliphatic hydroxyl groups is 1. The molecule has 2 N–H and O–H groups in total. The predicted octanol–water partition coefficient (Wildman–Crippen LogP) is 1.44. The highest BCUT2D eigenvalue weighted by Gasteiger charge is 2.22. The predicted molar refractivity (Wildman–Crippen MR) is 90.7 cm³/mol. The van der Waals surface area contributed by atoms with Crippen LogP contribution in [0.25, 0.3) is 11.0 Å². The molecule has 0 spiro atoms. The standard InChI is InChI=1S/C18H24N2O4/c1-13-15-4-2-3-5-16(15)24-17(13)11-20-8-9-23-14(10-20)6-7-19-18(22)12-21/h2-5,14,21H,6-12H2,1H3,(H,19,22). The summed E-state index contributed by atoms with van der Waals surface area (Å²) in [6, 6.07) is 8.10. The van der Waals surface area contributed by atoms with Crippen molar-refractivity contribution in [3.8, 4) is 0 Å². The minimum absolute atomic E-state index is 0.0856. The van der Waals surface area contributed by atoms with Crippen LogP contribution in [0.15, 0.2) is 28.7 Å². The van der Waals surface area contributed by atoms with Crippen molar-refractivity contribution in [3.05, 3.63) is 35.6 Å². The molecule has 1 aromatic heterocycles. The van der Waals surface area contributed by atoms with Gasteiger partial charge < -0.3 is 19.6 Å². The maximum absolute atomic E-state index is 11.1. The zero-order chi connectivity index (χ0) is 16.9. The minimum atomic E-state index is -0.469. The lowest BCUT2D eigenvalue weighted by atomic mass is 10.1. The quantitative estimate of drug-likeness (QED) is 0.837. The Morgan fingerprint density at radius 3 is 3.04 bits per heavy atom. The Balaban J connectivity index is 1.56. The number of morpholine rings is 1. The van der Waals surface area contributed by atoms with Gasteiger partial charge in [0.05, 0.1) is 19.3 Å². The molecule has 1 atom stereocenters. The second kappa shape index (κ2) is 7.79. The number of benzene rings is 1. The van der Waals surface area contributed by atoms with Crippen molar-refractivity contribution < 1.29 is 19.1 Å². The number of carbonyl (C=O) groups excluding carboxylic acids is 1. The molecule has 1 aliphatic rings. The molecule has 2 heterocycles. The molecule has 0 aliphatic carbocycles. The van der Waals surface area contributed by atoms with Crippen molar-refractivity contribution in [2.24, 2.45) is 0 Å². The molecule has 1 saturated heterocycles. The summed E-state index contributed by atoms with van der Waals surface area (Å²) in [5, 5.41) is 12.5. The normalized spacial score (nSPS) is 18.8. The number of para-hydroxylation sites is 1. The summed E-state index contributed by atoms with van der Waals surface area (Å²) >= 11 is 0. The van der Waals surface area contributed by atoms with Crippen LogP contribution in [0.5, 0.6) is 0 Å². The number of hydrogen-bond donors (Lipinski definition) is 2. The van der Waals surface area contributed by atoms with Gasteiger partial charge in [-0.1, -0.05) is 18.2 Å². The Bertz CT molecular complexity index is 697. The monoisotopic (exact) mass is 332 g/mol. The third-order valence-corrected chi connectivity index (χ3v) is 4.46. The highest BCUT2D eigenvalue weighted by atomic mass is 16.5. The van der Waals surface area contributed by atoms with Crippen LogP contribution < -0.4 is 5.32 Å². The molecule has 1 fully saturated rings. The van der Waals surface area contributed by atoms with E-state index in [1.165, 1.54) is 10.9 Å². The molecule has 1 unspecified atom stereocenters. The van der Waals surface area contributed by atoms with E-state index >= 15 is 0 Å². The average Bonchev–Trinajstić information content (AvgIpc) is 2.91. The van der Waals surface area contributed by atoms with Crippen molar-refractivity contribution in [3.63, 3.8) is 0 Å². The summed E-state index contributed by atoms with van der Waals surface area (Å²) in [6.07, 6.45) is 0.823. The van der Waals surface area contributed by atoms with E-state index in [1.807, 2.05) is 18.2 Å². The molecule has 0 bridgehead atoms. The van der Waals surface area contributed by atoms with Crippen molar-refractivity contribution in [2.75, 3.05) is 32.8 Å². The van der Waals surface area contributed by atoms with Gasteiger partial charge in [-0.3, -0.25) is 9.69 Å². The molecular weight excluding hydrogens is 308 g/mol. The molecule has 24 heavy (non-hydrogen) atoms. The van der Waals surface area contributed by atoms with Gasteiger partial charge in [0.2, 0.25) is 5.91 Å². The van der Waals surface area contributed by atoms with Crippen LogP contribution in [-0.4, -0.2) is 54.9 Å². The molecule has 1 amide bonds. The van der Waals surface area contributed by atoms with Crippen molar-refractivity contribution in [2.45, 2.75) is 26.0 Å². The lowest BCUT2D eigenvalue weighted by Gasteiger charge is -2.32. The van der Waals surface area contributed by atoms with Crippen molar-refractivity contribution in [1.29, 1.82) is 0 Å². The third-order valence-electron chi connectivity index (χ3n) is 4.46. The van der Waals surface area contributed by atoms with E-state index in [1.54, 1.807) is 0 Å². The van der Waals surface area contributed by atoms with E-state index in [4.69, 9.17) is 14.3 Å². The first-order valence-corrected chi connectivity index (χ1v) is 8.36. The number of nitrogens with one attached hydrogen (secondary N) is 1. The van der Waals surface area contributed by atoms with Crippen LogP contribution in [-0.2, 0) is 16.1 Å². The van der Waals surface area contributed by atoms with E-state index < -0.39 is 6.61 Å². The first-order chi connectivity index (χ1) is 11.7. The summed E-state index contributed by atoms with van der Waals surface area (Å²) in [6.45, 7) is 5.27. The molecular formula is C18H24N2O4. The van der Waals surface area contributed by atoms with E-state index in [2.05, 4.69) is 23.2 Å². The SMILES string of the molecule is Cc1c(CN2CCOC(CCNC(=O)CO)C2)oc2ccccc12. The van der Waals surface area contributed by atoms with E-state index in [0.717, 1.165) is 37.4 Å². The number of fused-ring (bicyclic) bond motifs is 1. The second-order valence-electron chi connectivity index (χ2n) is 6.17. The number of aliphatic hydroxyl groups excluding tert-OH is 1. The Morgan fingerprint density at radius 2 is 2.25 bits per heavy atom. The van der Waals surface area contributed by atoms with E-state index in [9.17, 15) is 4.79 Å². The smallest absolute Gasteiger partial charge is 0.245 e. The Morgan fingerprint density at radius 1 is 1.42 bits per heavy atom. The van der Waals surface area contributed by atoms with Crippen molar-refractivity contribution in [1.82, 2.24) is 10.2 Å². The Labute approximate surface area is 141 Å². The van der Waals surface area contributed by atoms with Crippen LogP contribution in [0.4, 0.5) is 0 Å². The number of nitrogens with zero attached hydrogens (tertiary/aromatic N) is 1. The highest BCUT2D eigenvalue weighted by Crippen LogP contribution is 2.26. The van der Waals surface area contributed by atoms with E-state index in [0.29, 0.717) is 13.2 Å². The van der Waals surface area contributed by atoms with Crippen LogP contribution in [0.1, 0.15) is 17.7 Å². The fourth-order valence-corrected chi connectivity index (χ4v) is 3.11. The van der Waals surface area contributed by atoms with Gasteiger partial charge in [-0.15, -0.1) is 0 Å². The maximum atomic E-state index is 11.1. The number of furan rings is 1. The number of carbonyl (C=O) groups is 1. The molecule has 0 radical (unpaired) electrons. The number of aryl methyl sites for hydroxylation is 1. The van der Waals surface area contributed by atoms with Crippen LogP contribution in [0.2, 0.25) is 0 Å². The molecule has 130 valence electrons. The molecule has 1 aromatic carbocycles. The summed E-state index contributed by atoms with van der Waals surface area (Å²) in [7, 11) is 0. The number of amides is 1. The molecule has 2 aromatic rings. The lowest BCUT2D eigenvalue weighted by molar-refractivity contribution is -0.124. The molecule has 3 rings (SSSR count). The first kappa shape index (κ1) is 17.0. The first-order valence-electron chi connectivity index (χ1n) is 8.36. The maximum Gasteiger partial charge on any atom is 0.245 e. The fraction of sp³-hybridized carbons (Fsp3) is 0.500. The van der Waals surface area contributed by atoms with Gasteiger partial charge in [0.25, 0.3) is 0 Å². The van der Waals surface area contributed by atoms with Gasteiger partial charge in [0, 0.05) is 25.0 Å². The van der Waals surface area contributed by atoms with Gasteiger partial charge >= 0.3 is 0 Å².